The molecule has 0 unspecified atom stereocenters. The van der Waals surface area contributed by atoms with E-state index in [1.807, 2.05) is 76.7 Å². The number of aromatic nitrogens is 4. The zero-order valence-electron chi connectivity index (χ0n) is 74.7. The Hall–Kier alpha value is -11.2. The second kappa shape index (κ2) is 28.0. The average molecular weight is 1580 g/mol. The molecule has 12 heteroatoms. The maximum Gasteiger partial charge on any atom is 0.420 e. The fourth-order valence-electron chi connectivity index (χ4n) is 20.5. The van der Waals surface area contributed by atoms with Gasteiger partial charge in [-0.15, -0.1) is 0 Å². The van der Waals surface area contributed by atoms with Crippen LogP contribution in [0, 0.1) is 256 Å². The van der Waals surface area contributed by atoms with Gasteiger partial charge in [0.15, 0.2) is 0 Å². The van der Waals surface area contributed by atoms with E-state index in [1.54, 1.807) is 0 Å². The number of hydrogen-bond donors (Lipinski definition) is 0. The van der Waals surface area contributed by atoms with Crippen LogP contribution in [0.4, 0.5) is 30.7 Å². The number of rotatable bonds is 6. The molecule has 0 atom stereocenters. The first-order chi connectivity index (χ1) is 55.2. The third-order valence-corrected chi connectivity index (χ3v) is 30.0. The normalized spacial score (nSPS) is 12.2. The van der Waals surface area contributed by atoms with E-state index in [-0.39, 0.29) is 22.5 Å². The first-order valence-corrected chi connectivity index (χ1v) is 41.0. The third-order valence-electron chi connectivity index (χ3n) is 30.0. The highest BCUT2D eigenvalue weighted by molar-refractivity contribution is 6.20. The average Bonchev–Trinajstić information content (AvgIpc) is 1.53. The van der Waals surface area contributed by atoms with Crippen LogP contribution in [-0.2, 0) is 6.18 Å². The Labute approximate surface area is 689 Å². The van der Waals surface area contributed by atoms with Crippen LogP contribution in [0.5, 0.6) is 0 Å². The molecule has 0 aliphatic heterocycles. The van der Waals surface area contributed by atoms with Gasteiger partial charge in [-0.2, -0.15) is 18.4 Å². The molecule has 16 rings (SSSR count). The van der Waals surface area contributed by atoms with Gasteiger partial charge >= 0.3 is 6.18 Å². The number of aryl methyl sites for hydroxylation is 16. The van der Waals surface area contributed by atoms with Crippen LogP contribution >= 0.6 is 0 Å². The minimum Gasteiger partial charge on any atom is -0.308 e. The van der Waals surface area contributed by atoms with Gasteiger partial charge in [-0.05, 0) is 470 Å². The van der Waals surface area contributed by atoms with Gasteiger partial charge in [-0.25, -0.2) is 17.6 Å². The van der Waals surface area contributed by atoms with Crippen LogP contribution in [0.25, 0.3) is 132 Å². The van der Waals surface area contributed by atoms with Gasteiger partial charge in [-0.3, -0.25) is 0 Å². The summed E-state index contributed by atoms with van der Waals surface area (Å²) in [5.74, 6) is -2.93. The molecule has 0 bridgehead atoms. The van der Waals surface area contributed by atoms with Crippen molar-refractivity contribution in [2.75, 3.05) is 0 Å². The summed E-state index contributed by atoms with van der Waals surface area (Å²) < 4.78 is 120. The summed E-state index contributed by atoms with van der Waals surface area (Å²) in [4.78, 5) is 0. The molecule has 0 amide bonds. The van der Waals surface area contributed by atoms with Gasteiger partial charge in [0.05, 0.1) is 66.9 Å². The van der Waals surface area contributed by atoms with E-state index in [4.69, 9.17) is 0 Å². The lowest BCUT2D eigenvalue weighted by Gasteiger charge is -2.25. The molecule has 0 radical (unpaired) electrons. The van der Waals surface area contributed by atoms with E-state index >= 15 is 30.7 Å². The van der Waals surface area contributed by atoms with Crippen LogP contribution in [0.15, 0.2) is 60.7 Å². The summed E-state index contributed by atoms with van der Waals surface area (Å²) in [7, 11) is 0. The number of benzene rings is 12. The summed E-state index contributed by atoms with van der Waals surface area (Å²) in [5.41, 5.74) is 44.4. The van der Waals surface area contributed by atoms with Crippen molar-refractivity contribution < 1.29 is 30.7 Å². The molecule has 4 heterocycles. The van der Waals surface area contributed by atoms with Crippen molar-refractivity contribution in [3.8, 4) is 51.1 Å². The SMILES string of the molecule is Cc1c(C)c(C)c2c(c1C)c1c(C)c(C)c(C)c(C)c1n2-c1cc(-c2cc(F)cc(F)c2)cc(-n2c3c(C)c(C)c(C)c(C)c3c3c(C)c(C)c(C)c(C)c32)c1C#N.Cc1c(C)c(C)c2c(c1C)c1c(C)c(C)c(C)c(C)c1n2-c1cc(-c2cc(F)cc(F)c2)cc(-n2c3c(C)c(C)c(C)c(C)c3c3c(C)c(C)c(C)c(C)c32)c1C(F)(F)F. The highest BCUT2D eigenvalue weighted by Crippen LogP contribution is 2.54. The van der Waals surface area contributed by atoms with Gasteiger partial charge in [0, 0.05) is 55.2 Å². The lowest BCUT2D eigenvalue weighted by atomic mass is 9.90. The minimum atomic E-state index is -4.89. The number of halogens is 7. The Morgan fingerprint density at radius 3 is 0.508 bits per heavy atom. The van der Waals surface area contributed by atoms with Crippen molar-refractivity contribution in [2.45, 2.75) is 228 Å². The smallest absolute Gasteiger partial charge is 0.308 e. The van der Waals surface area contributed by atoms with E-state index in [2.05, 4.69) is 181 Å². The molecule has 0 fully saturated rings. The van der Waals surface area contributed by atoms with Crippen LogP contribution in [-0.4, -0.2) is 18.3 Å². The molecule has 0 spiro atoms. The Bertz CT molecular complexity index is 6660. The van der Waals surface area contributed by atoms with Gasteiger partial charge < -0.3 is 18.3 Å². The van der Waals surface area contributed by atoms with E-state index in [0.717, 1.165) is 167 Å². The first kappa shape index (κ1) is 82.0. The standard InChI is InChI=1S/C53H53F5N2.C53H53F2N3/c1-22-26(5)34(13)49-44(30(22)9)45-31(10)23(2)27(6)35(14)50(45)59(49)42-19-39(38-17-40(54)21-41(55)18-38)20-43(48(42)53(56,57)58)60-51-36(15)28(7)24(3)32(11)46(51)47-33(12)25(4)29(8)37(16)52(47)60;1-23-27(5)35(13)50-46(31(23)9)47-32(10)24(2)28(6)36(14)51(47)57(50)44-19-40(39-17-41(54)21-42(55)18-39)20-45(43(44)22-56)58-52-37(15)29(7)25(3)33(11)48(52)49-34(12)26(4)30(8)38(16)53(49)58/h17-21H,1-16H3;17-21H,1-16H3. The Morgan fingerprint density at radius 1 is 0.203 bits per heavy atom. The molecular weight excluding hydrogens is 1480 g/mol. The number of alkyl halides is 3. The fourth-order valence-corrected chi connectivity index (χ4v) is 20.5. The lowest BCUT2D eigenvalue weighted by Crippen LogP contribution is -2.17. The van der Waals surface area contributed by atoms with Gasteiger partial charge in [0.25, 0.3) is 0 Å². The van der Waals surface area contributed by atoms with Crippen molar-refractivity contribution in [3.05, 3.63) is 273 Å². The Kier molecular flexibility index (Phi) is 19.4. The van der Waals surface area contributed by atoms with Gasteiger partial charge in [-0.1, -0.05) is 0 Å². The van der Waals surface area contributed by atoms with E-state index in [1.165, 1.54) is 125 Å². The predicted molar refractivity (Wildman–Crippen MR) is 482 cm³/mol. The second-order valence-corrected chi connectivity index (χ2v) is 34.8. The minimum absolute atomic E-state index is 0.0948. The van der Waals surface area contributed by atoms with E-state index in [9.17, 15) is 5.26 Å². The number of nitriles is 1. The fraction of sp³-hybridized carbons (Fsp3) is 0.311. The molecule has 4 aromatic heterocycles. The van der Waals surface area contributed by atoms with Gasteiger partial charge in [0.1, 0.15) is 40.5 Å². The molecule has 118 heavy (non-hydrogen) atoms. The van der Waals surface area contributed by atoms with Crippen LogP contribution in [0.3, 0.4) is 0 Å². The second-order valence-electron chi connectivity index (χ2n) is 34.8. The van der Waals surface area contributed by atoms with Crippen molar-refractivity contribution in [1.29, 1.82) is 5.26 Å². The Balaban J connectivity index is 0.000000185. The largest absolute Gasteiger partial charge is 0.420 e. The monoisotopic (exact) mass is 1580 g/mol. The third kappa shape index (κ3) is 11.3. The molecule has 0 saturated carbocycles. The molecule has 0 N–H and O–H groups in total. The van der Waals surface area contributed by atoms with Crippen LogP contribution in [0.2, 0.25) is 0 Å². The number of hydrogen-bond acceptors (Lipinski definition) is 1. The molecule has 16 aromatic rings. The molecule has 0 aliphatic rings. The highest BCUT2D eigenvalue weighted by Gasteiger charge is 2.42. The molecule has 0 saturated heterocycles. The first-order valence-electron chi connectivity index (χ1n) is 41.0. The van der Waals surface area contributed by atoms with Crippen molar-refractivity contribution in [2.24, 2.45) is 0 Å². The van der Waals surface area contributed by atoms with Crippen LogP contribution < -0.4 is 0 Å². The quantitative estimate of drug-likeness (QED) is 0.153. The zero-order valence-corrected chi connectivity index (χ0v) is 74.7. The summed E-state index contributed by atoms with van der Waals surface area (Å²) in [6.07, 6.45) is -4.89. The molecule has 604 valence electrons. The topological polar surface area (TPSA) is 43.5 Å². The molecule has 5 nitrogen and oxygen atoms in total. The molecule has 0 aliphatic carbocycles. The number of nitrogens with zero attached hydrogens (tertiary/aromatic N) is 5. The lowest BCUT2D eigenvalue weighted by molar-refractivity contribution is -0.137. The van der Waals surface area contributed by atoms with Crippen molar-refractivity contribution >= 4 is 87.2 Å². The van der Waals surface area contributed by atoms with Crippen molar-refractivity contribution in [1.82, 2.24) is 18.3 Å². The summed E-state index contributed by atoms with van der Waals surface area (Å²) in [6.45, 7) is 67.7. The number of fused-ring (bicyclic) bond motifs is 12. The van der Waals surface area contributed by atoms with Crippen molar-refractivity contribution in [3.63, 3.8) is 0 Å². The van der Waals surface area contributed by atoms with E-state index in [0.29, 0.717) is 50.1 Å². The zero-order chi connectivity index (χ0) is 86.4. The van der Waals surface area contributed by atoms with Gasteiger partial charge in [0.2, 0.25) is 0 Å². The van der Waals surface area contributed by atoms with Crippen LogP contribution in [0.1, 0.15) is 189 Å². The summed E-state index contributed by atoms with van der Waals surface area (Å²) in [6, 6.07) is 16.6. The maximum absolute atomic E-state index is 16.9. The molecule has 12 aromatic carbocycles. The summed E-state index contributed by atoms with van der Waals surface area (Å²) >= 11 is 0. The van der Waals surface area contributed by atoms with E-state index < -0.39 is 35.0 Å². The molecular formula is C106H106F7N5. The maximum atomic E-state index is 16.9. The summed E-state index contributed by atoms with van der Waals surface area (Å²) in [5, 5.41) is 20.1. The Morgan fingerprint density at radius 2 is 0.347 bits per heavy atom. The highest BCUT2D eigenvalue weighted by atomic mass is 19.4. The predicted octanol–water partition coefficient (Wildman–Crippen LogP) is 30.4.